The zero-order chi connectivity index (χ0) is 16.9. The van der Waals surface area contributed by atoms with Crippen molar-refractivity contribution in [3.63, 3.8) is 0 Å². The van der Waals surface area contributed by atoms with E-state index in [-0.39, 0.29) is 5.91 Å². The van der Waals surface area contributed by atoms with Gasteiger partial charge in [-0.2, -0.15) is 0 Å². The molecule has 1 amide bonds. The van der Waals surface area contributed by atoms with Crippen molar-refractivity contribution in [2.45, 2.75) is 26.6 Å². The minimum Gasteiger partial charge on any atom is -0.544 e. The maximum Gasteiger partial charge on any atom is 0.242 e. The molecule has 0 radical (unpaired) electrons. The molecular formula is C18H22N2O2Si. The Morgan fingerprint density at radius 3 is 2.35 bits per heavy atom. The first-order valence-corrected chi connectivity index (χ1v) is 10.9. The average Bonchev–Trinajstić information content (AvgIpc) is 2.46. The van der Waals surface area contributed by atoms with Crippen LogP contribution in [0.25, 0.3) is 0 Å². The fraction of sp³-hybridized carbons (Fsp3) is 0.222. The summed E-state index contributed by atoms with van der Waals surface area (Å²) in [4.78, 5) is 15.5. The van der Waals surface area contributed by atoms with Gasteiger partial charge in [-0.25, -0.2) is 0 Å². The van der Waals surface area contributed by atoms with E-state index in [4.69, 9.17) is 4.43 Å². The van der Waals surface area contributed by atoms with Crippen molar-refractivity contribution in [2.75, 3.05) is 5.32 Å². The lowest BCUT2D eigenvalue weighted by atomic mass is 10.2. The lowest BCUT2D eigenvalue weighted by Gasteiger charge is -2.20. The van der Waals surface area contributed by atoms with E-state index in [0.717, 1.165) is 22.7 Å². The summed E-state index contributed by atoms with van der Waals surface area (Å²) in [6.45, 7) is 7.95. The van der Waals surface area contributed by atoms with Crippen LogP contribution in [0.2, 0.25) is 19.6 Å². The number of carbonyl (C=O) groups excluding carboxylic acids is 1. The molecule has 2 aromatic carbocycles. The predicted octanol–water partition coefficient (Wildman–Crippen LogP) is 4.61. The lowest BCUT2D eigenvalue weighted by molar-refractivity contribution is -0.114. The molecule has 5 heteroatoms. The summed E-state index contributed by atoms with van der Waals surface area (Å²) in [6, 6.07) is 15.3. The van der Waals surface area contributed by atoms with E-state index in [9.17, 15) is 4.79 Å². The fourth-order valence-corrected chi connectivity index (χ4v) is 2.83. The van der Waals surface area contributed by atoms with Gasteiger partial charge in [0.05, 0.1) is 5.69 Å². The quantitative estimate of drug-likeness (QED) is 0.644. The third kappa shape index (κ3) is 5.71. The van der Waals surface area contributed by atoms with Gasteiger partial charge in [-0.3, -0.25) is 9.79 Å². The highest BCUT2D eigenvalue weighted by Crippen LogP contribution is 2.22. The minimum atomic E-state index is -1.66. The fourth-order valence-electron chi connectivity index (χ4n) is 1.99. The first kappa shape index (κ1) is 17.0. The largest absolute Gasteiger partial charge is 0.544 e. The molecule has 2 rings (SSSR count). The molecule has 0 aliphatic carbocycles. The third-order valence-corrected chi connectivity index (χ3v) is 3.71. The van der Waals surface area contributed by atoms with E-state index in [1.807, 2.05) is 54.7 Å². The van der Waals surface area contributed by atoms with E-state index in [1.165, 1.54) is 6.92 Å². The van der Waals surface area contributed by atoms with Gasteiger partial charge in [0.15, 0.2) is 0 Å². The molecule has 0 saturated heterocycles. The molecule has 4 nitrogen and oxygen atoms in total. The molecule has 0 aliphatic heterocycles. The second kappa shape index (κ2) is 7.24. The Hall–Kier alpha value is -2.40. The summed E-state index contributed by atoms with van der Waals surface area (Å²) in [5, 5.41) is 2.73. The van der Waals surface area contributed by atoms with Crippen LogP contribution in [-0.2, 0) is 4.79 Å². The van der Waals surface area contributed by atoms with Crippen molar-refractivity contribution in [1.82, 2.24) is 0 Å². The van der Waals surface area contributed by atoms with Gasteiger partial charge in [-0.15, -0.1) is 0 Å². The molecule has 0 atom stereocenters. The Bertz CT molecular complexity index is 704. The monoisotopic (exact) mass is 326 g/mol. The standard InChI is InChI=1S/C18H22N2O2Si/c1-14(21)20-17-11-9-16(10-12-17)19-13-15-7-5-6-8-18(15)22-23(2,3)4/h5-13H,1-4H3,(H,20,21). The summed E-state index contributed by atoms with van der Waals surface area (Å²) < 4.78 is 6.08. The number of aliphatic imine (C=N–C) groups is 1. The highest BCUT2D eigenvalue weighted by molar-refractivity contribution is 6.70. The van der Waals surface area contributed by atoms with Crippen LogP contribution >= 0.6 is 0 Å². The molecule has 0 unspecified atom stereocenters. The number of carbonyl (C=O) groups is 1. The van der Waals surface area contributed by atoms with Gasteiger partial charge < -0.3 is 9.74 Å². The molecule has 120 valence electrons. The minimum absolute atomic E-state index is 0.0846. The van der Waals surface area contributed by atoms with Crippen molar-refractivity contribution in [3.8, 4) is 5.75 Å². The highest BCUT2D eigenvalue weighted by atomic mass is 28.4. The molecule has 23 heavy (non-hydrogen) atoms. The number of benzene rings is 2. The maximum atomic E-state index is 11.0. The van der Waals surface area contributed by atoms with Crippen LogP contribution in [0.4, 0.5) is 11.4 Å². The molecule has 0 fully saturated rings. The number of hydrogen-bond acceptors (Lipinski definition) is 3. The van der Waals surface area contributed by atoms with Gasteiger partial charge >= 0.3 is 0 Å². The van der Waals surface area contributed by atoms with Crippen LogP contribution in [0.1, 0.15) is 12.5 Å². The van der Waals surface area contributed by atoms with E-state index in [0.29, 0.717) is 0 Å². The molecule has 0 bridgehead atoms. The zero-order valence-corrected chi connectivity index (χ0v) is 15.0. The molecule has 0 spiro atoms. The summed E-state index contributed by atoms with van der Waals surface area (Å²) in [6.07, 6.45) is 1.81. The van der Waals surface area contributed by atoms with Gasteiger partial charge in [-0.1, -0.05) is 12.1 Å². The van der Waals surface area contributed by atoms with Crippen molar-refractivity contribution >= 4 is 31.8 Å². The van der Waals surface area contributed by atoms with Crippen LogP contribution in [0.5, 0.6) is 5.75 Å². The smallest absolute Gasteiger partial charge is 0.242 e. The molecular weight excluding hydrogens is 304 g/mol. The van der Waals surface area contributed by atoms with Crippen LogP contribution in [0.3, 0.4) is 0 Å². The van der Waals surface area contributed by atoms with Crippen LogP contribution < -0.4 is 9.74 Å². The van der Waals surface area contributed by atoms with Crippen molar-refractivity contribution in [1.29, 1.82) is 0 Å². The topological polar surface area (TPSA) is 50.7 Å². The van der Waals surface area contributed by atoms with E-state index in [2.05, 4.69) is 30.0 Å². The second-order valence-corrected chi connectivity index (χ2v) is 10.7. The highest BCUT2D eigenvalue weighted by Gasteiger charge is 2.17. The summed E-state index contributed by atoms with van der Waals surface area (Å²) in [5.74, 6) is 0.781. The predicted molar refractivity (Wildman–Crippen MR) is 98.4 cm³/mol. The molecule has 0 aromatic heterocycles. The number of rotatable bonds is 5. The molecule has 0 heterocycles. The van der Waals surface area contributed by atoms with Gasteiger partial charge in [0, 0.05) is 24.4 Å². The molecule has 2 aromatic rings. The van der Waals surface area contributed by atoms with Gasteiger partial charge in [-0.05, 0) is 56.0 Å². The average molecular weight is 326 g/mol. The maximum absolute atomic E-state index is 11.0. The Kier molecular flexibility index (Phi) is 5.34. The Morgan fingerprint density at radius 2 is 1.74 bits per heavy atom. The van der Waals surface area contributed by atoms with Crippen molar-refractivity contribution < 1.29 is 9.22 Å². The van der Waals surface area contributed by atoms with Gasteiger partial charge in [0.1, 0.15) is 5.75 Å². The lowest BCUT2D eigenvalue weighted by Crippen LogP contribution is -2.29. The van der Waals surface area contributed by atoms with Crippen LogP contribution in [0, 0.1) is 0 Å². The summed E-state index contributed by atoms with van der Waals surface area (Å²) in [7, 11) is -1.66. The number of anilines is 1. The van der Waals surface area contributed by atoms with Gasteiger partial charge in [0.2, 0.25) is 14.2 Å². The number of para-hydroxylation sites is 1. The summed E-state index contributed by atoms with van der Waals surface area (Å²) in [5.41, 5.74) is 2.54. The van der Waals surface area contributed by atoms with Crippen molar-refractivity contribution in [3.05, 3.63) is 54.1 Å². The van der Waals surface area contributed by atoms with Gasteiger partial charge in [0.25, 0.3) is 0 Å². The molecule has 0 saturated carbocycles. The van der Waals surface area contributed by atoms with E-state index in [1.54, 1.807) is 0 Å². The molecule has 0 aliphatic rings. The summed E-state index contributed by atoms with van der Waals surface area (Å²) >= 11 is 0. The van der Waals surface area contributed by atoms with E-state index >= 15 is 0 Å². The van der Waals surface area contributed by atoms with Crippen molar-refractivity contribution in [2.24, 2.45) is 4.99 Å². The Balaban J connectivity index is 2.15. The van der Waals surface area contributed by atoms with Crippen LogP contribution in [-0.4, -0.2) is 20.4 Å². The number of amides is 1. The normalized spacial score (nSPS) is 11.5. The number of nitrogens with zero attached hydrogens (tertiary/aromatic N) is 1. The number of hydrogen-bond donors (Lipinski definition) is 1. The SMILES string of the molecule is CC(=O)Nc1ccc(N=Cc2ccccc2O[Si](C)(C)C)cc1. The second-order valence-electron chi connectivity index (χ2n) is 6.24. The Labute approximate surface area is 138 Å². The van der Waals surface area contributed by atoms with E-state index < -0.39 is 8.32 Å². The zero-order valence-electron chi connectivity index (χ0n) is 14.0. The Morgan fingerprint density at radius 1 is 1.09 bits per heavy atom. The third-order valence-electron chi connectivity index (χ3n) is 2.88. The van der Waals surface area contributed by atoms with Crippen LogP contribution in [0.15, 0.2) is 53.5 Å². The first-order valence-electron chi connectivity index (χ1n) is 7.53. The number of nitrogens with one attached hydrogen (secondary N) is 1. The first-order chi connectivity index (χ1) is 10.8. The molecule has 1 N–H and O–H groups in total.